The molecule has 0 atom stereocenters. The molecule has 2 aliphatic rings. The molecule has 0 unspecified atom stereocenters. The Kier molecular flexibility index (Phi) is 5.24. The Morgan fingerprint density at radius 3 is 2.11 bits per heavy atom. The third-order valence-electron chi connectivity index (χ3n) is 9.36. The minimum Gasteiger partial charge on any atom is -0.453 e. The van der Waals surface area contributed by atoms with Gasteiger partial charge in [0.1, 0.15) is 0 Å². The lowest BCUT2D eigenvalue weighted by atomic mass is 9.73. The van der Waals surface area contributed by atoms with Crippen molar-refractivity contribution >= 4 is 55.7 Å². The van der Waals surface area contributed by atoms with E-state index in [2.05, 4.69) is 163 Å². The molecule has 0 saturated carbocycles. The second-order valence-corrected chi connectivity index (χ2v) is 12.3. The summed E-state index contributed by atoms with van der Waals surface area (Å²) >= 11 is 0. The molecular formula is C41H30N2O. The van der Waals surface area contributed by atoms with E-state index in [1.807, 2.05) is 6.07 Å². The number of para-hydroxylation sites is 3. The van der Waals surface area contributed by atoms with E-state index < -0.39 is 0 Å². The van der Waals surface area contributed by atoms with E-state index in [1.165, 1.54) is 38.4 Å². The number of anilines is 6. The normalized spacial score (nSPS) is 14.0. The standard InChI is InChI=1S/C41H30N2O/c1-41(2)33-17-7-8-18-36(33)43-37-19-9-10-21-38(37)44-39-26-31(25-34(41)40(39)43)42(30-23-22-27-12-3-4-14-29(27)24-30)35-20-11-15-28-13-5-6-16-32(28)35/h3-26H,1-2H3. The highest BCUT2D eigenvalue weighted by Crippen LogP contribution is 2.61. The lowest BCUT2D eigenvalue weighted by Crippen LogP contribution is -2.32. The maximum absolute atomic E-state index is 6.78. The van der Waals surface area contributed by atoms with E-state index in [-0.39, 0.29) is 5.41 Å². The summed E-state index contributed by atoms with van der Waals surface area (Å²) in [6.07, 6.45) is 0. The van der Waals surface area contributed by atoms with Crippen molar-refractivity contribution in [1.29, 1.82) is 0 Å². The van der Waals surface area contributed by atoms with Gasteiger partial charge in [-0.25, -0.2) is 0 Å². The molecule has 0 amide bonds. The number of rotatable bonds is 3. The van der Waals surface area contributed by atoms with Crippen LogP contribution in [0.25, 0.3) is 21.5 Å². The highest BCUT2D eigenvalue weighted by atomic mass is 16.5. The van der Waals surface area contributed by atoms with Crippen LogP contribution < -0.4 is 14.5 Å². The molecular weight excluding hydrogens is 536 g/mol. The van der Waals surface area contributed by atoms with Crippen LogP contribution in [0.15, 0.2) is 146 Å². The molecule has 9 rings (SSSR count). The van der Waals surface area contributed by atoms with E-state index >= 15 is 0 Å². The lowest BCUT2D eigenvalue weighted by Gasteiger charge is -2.45. The largest absolute Gasteiger partial charge is 0.453 e. The summed E-state index contributed by atoms with van der Waals surface area (Å²) in [4.78, 5) is 4.79. The van der Waals surface area contributed by atoms with Crippen LogP contribution in [-0.2, 0) is 5.41 Å². The number of fused-ring (bicyclic) bond motifs is 6. The first-order valence-electron chi connectivity index (χ1n) is 15.2. The van der Waals surface area contributed by atoms with Gasteiger partial charge in [0, 0.05) is 22.6 Å². The van der Waals surface area contributed by atoms with Gasteiger partial charge in [-0.3, -0.25) is 0 Å². The highest BCUT2D eigenvalue weighted by molar-refractivity contribution is 6.02. The average molecular weight is 567 g/mol. The number of ether oxygens (including phenoxy) is 1. The number of benzene rings is 7. The summed E-state index contributed by atoms with van der Waals surface area (Å²) in [5.41, 5.74) is 8.98. The third kappa shape index (κ3) is 3.56. The molecule has 0 N–H and O–H groups in total. The van der Waals surface area contributed by atoms with Crippen LogP contribution in [0.3, 0.4) is 0 Å². The van der Waals surface area contributed by atoms with Crippen molar-refractivity contribution < 1.29 is 4.74 Å². The molecule has 44 heavy (non-hydrogen) atoms. The molecule has 7 aromatic rings. The predicted molar refractivity (Wildman–Crippen MR) is 183 cm³/mol. The summed E-state index contributed by atoms with van der Waals surface area (Å²) in [7, 11) is 0. The van der Waals surface area contributed by atoms with Crippen LogP contribution >= 0.6 is 0 Å². The molecule has 0 saturated heterocycles. The van der Waals surface area contributed by atoms with Crippen LogP contribution in [0.2, 0.25) is 0 Å². The number of nitrogens with zero attached hydrogens (tertiary/aromatic N) is 2. The molecule has 0 bridgehead atoms. The summed E-state index contributed by atoms with van der Waals surface area (Å²) in [6.45, 7) is 4.67. The van der Waals surface area contributed by atoms with Crippen molar-refractivity contribution in [3.8, 4) is 11.5 Å². The van der Waals surface area contributed by atoms with Crippen molar-refractivity contribution in [2.45, 2.75) is 19.3 Å². The van der Waals surface area contributed by atoms with Gasteiger partial charge in [-0.2, -0.15) is 0 Å². The van der Waals surface area contributed by atoms with E-state index in [9.17, 15) is 0 Å². The van der Waals surface area contributed by atoms with Crippen molar-refractivity contribution in [2.24, 2.45) is 0 Å². The Hall–Kier alpha value is -5.54. The fourth-order valence-electron chi connectivity index (χ4n) is 7.21. The van der Waals surface area contributed by atoms with Crippen LogP contribution in [0, 0.1) is 0 Å². The molecule has 210 valence electrons. The first-order valence-corrected chi connectivity index (χ1v) is 15.2. The van der Waals surface area contributed by atoms with Crippen LogP contribution in [-0.4, -0.2) is 0 Å². The predicted octanol–water partition coefficient (Wildman–Crippen LogP) is 11.7. The van der Waals surface area contributed by atoms with Gasteiger partial charge in [-0.1, -0.05) is 111 Å². The molecule has 0 aromatic heterocycles. The Balaban J connectivity index is 1.35. The molecule has 0 spiro atoms. The zero-order valence-corrected chi connectivity index (χ0v) is 24.7. The highest BCUT2D eigenvalue weighted by Gasteiger charge is 2.42. The van der Waals surface area contributed by atoms with Crippen LogP contribution in [0.1, 0.15) is 25.0 Å². The summed E-state index contributed by atoms with van der Waals surface area (Å²) < 4.78 is 6.78. The maximum atomic E-state index is 6.78. The summed E-state index contributed by atoms with van der Waals surface area (Å²) in [6, 6.07) is 52.3. The Labute approximate surface area is 257 Å². The molecule has 7 aromatic carbocycles. The second kappa shape index (κ2) is 9.23. The summed E-state index contributed by atoms with van der Waals surface area (Å²) in [5.74, 6) is 1.73. The van der Waals surface area contributed by atoms with Gasteiger partial charge in [-0.15, -0.1) is 0 Å². The van der Waals surface area contributed by atoms with Crippen LogP contribution in [0.4, 0.5) is 34.1 Å². The monoisotopic (exact) mass is 566 g/mol. The van der Waals surface area contributed by atoms with E-state index in [4.69, 9.17) is 4.74 Å². The SMILES string of the molecule is CC1(C)c2ccccc2N2c3ccccc3Oc3cc(N(c4ccc5ccccc5c4)c4cccc5ccccc45)cc1c32. The fourth-order valence-corrected chi connectivity index (χ4v) is 7.21. The molecule has 0 aliphatic carbocycles. The van der Waals surface area contributed by atoms with Crippen LogP contribution in [0.5, 0.6) is 11.5 Å². The third-order valence-corrected chi connectivity index (χ3v) is 9.36. The van der Waals surface area contributed by atoms with Crippen molar-refractivity contribution in [3.63, 3.8) is 0 Å². The first-order chi connectivity index (χ1) is 21.6. The number of hydrogen-bond acceptors (Lipinski definition) is 3. The topological polar surface area (TPSA) is 15.7 Å². The van der Waals surface area contributed by atoms with Gasteiger partial charge < -0.3 is 14.5 Å². The minimum atomic E-state index is -0.253. The zero-order valence-electron chi connectivity index (χ0n) is 24.7. The van der Waals surface area contributed by atoms with E-state index in [0.717, 1.165) is 39.9 Å². The fraction of sp³-hybridized carbons (Fsp3) is 0.0732. The first kappa shape index (κ1) is 25.0. The molecule has 2 aliphatic heterocycles. The van der Waals surface area contributed by atoms with E-state index in [1.54, 1.807) is 0 Å². The molecule has 0 radical (unpaired) electrons. The van der Waals surface area contributed by atoms with Gasteiger partial charge in [0.2, 0.25) is 0 Å². The number of hydrogen-bond donors (Lipinski definition) is 0. The van der Waals surface area contributed by atoms with Gasteiger partial charge in [0.15, 0.2) is 11.5 Å². The van der Waals surface area contributed by atoms with Crippen molar-refractivity contribution in [1.82, 2.24) is 0 Å². The van der Waals surface area contributed by atoms with Crippen molar-refractivity contribution in [2.75, 3.05) is 9.80 Å². The smallest absolute Gasteiger partial charge is 0.153 e. The van der Waals surface area contributed by atoms with Gasteiger partial charge in [0.25, 0.3) is 0 Å². The minimum absolute atomic E-state index is 0.253. The lowest BCUT2D eigenvalue weighted by molar-refractivity contribution is 0.471. The molecule has 3 heteroatoms. The quantitative estimate of drug-likeness (QED) is 0.212. The van der Waals surface area contributed by atoms with Gasteiger partial charge in [-0.05, 0) is 69.8 Å². The summed E-state index contributed by atoms with van der Waals surface area (Å²) in [5, 5.41) is 4.84. The van der Waals surface area contributed by atoms with Crippen molar-refractivity contribution in [3.05, 3.63) is 157 Å². The average Bonchev–Trinajstić information content (AvgIpc) is 3.06. The van der Waals surface area contributed by atoms with Gasteiger partial charge in [0.05, 0.1) is 28.4 Å². The van der Waals surface area contributed by atoms with E-state index in [0.29, 0.717) is 0 Å². The Bertz CT molecular complexity index is 2260. The molecule has 3 nitrogen and oxygen atoms in total. The van der Waals surface area contributed by atoms with Gasteiger partial charge >= 0.3 is 0 Å². The Morgan fingerprint density at radius 1 is 0.523 bits per heavy atom. The molecule has 2 heterocycles. The zero-order chi connectivity index (χ0) is 29.4. The Morgan fingerprint density at radius 2 is 1.23 bits per heavy atom. The second-order valence-electron chi connectivity index (χ2n) is 12.3. The maximum Gasteiger partial charge on any atom is 0.153 e. The molecule has 0 fully saturated rings.